The molecule has 1 aliphatic heterocycles. The Kier molecular flexibility index (Phi) is 4.21. The van der Waals surface area contributed by atoms with E-state index in [0.29, 0.717) is 36.4 Å². The Bertz CT molecular complexity index is 957. The Morgan fingerprint density at radius 3 is 3.08 bits per heavy atom. The van der Waals surface area contributed by atoms with Crippen molar-refractivity contribution >= 4 is 22.3 Å². The van der Waals surface area contributed by atoms with Crippen LogP contribution in [0.2, 0.25) is 0 Å². The molecule has 1 atom stereocenters. The van der Waals surface area contributed by atoms with Crippen LogP contribution in [0.4, 0.5) is 11.4 Å². The molecule has 1 N–H and O–H groups in total. The highest BCUT2D eigenvalue weighted by Crippen LogP contribution is 2.34. The van der Waals surface area contributed by atoms with Crippen molar-refractivity contribution in [3.8, 4) is 0 Å². The fourth-order valence-corrected chi connectivity index (χ4v) is 3.19. The van der Waals surface area contributed by atoms with Crippen LogP contribution < -0.4 is 4.90 Å². The number of nitro groups is 1. The number of ether oxygens (including phenoxy) is 1. The molecule has 9 nitrogen and oxygen atoms in total. The van der Waals surface area contributed by atoms with Gasteiger partial charge in [-0.25, -0.2) is 4.98 Å². The lowest BCUT2D eigenvalue weighted by Gasteiger charge is -2.33. The van der Waals surface area contributed by atoms with E-state index in [1.165, 1.54) is 6.07 Å². The molecule has 0 aliphatic carbocycles. The number of aromatic nitrogens is 4. The van der Waals surface area contributed by atoms with E-state index in [1.54, 1.807) is 24.4 Å². The summed E-state index contributed by atoms with van der Waals surface area (Å²) in [6, 6.07) is 6.73. The third-order valence-corrected chi connectivity index (χ3v) is 4.50. The van der Waals surface area contributed by atoms with Crippen molar-refractivity contribution in [2.45, 2.75) is 19.4 Å². The van der Waals surface area contributed by atoms with Crippen molar-refractivity contribution in [1.82, 2.24) is 20.2 Å². The molecule has 4 rings (SSSR count). The molecule has 1 aliphatic rings. The first-order valence-corrected chi connectivity index (χ1v) is 8.47. The second kappa shape index (κ2) is 6.68. The van der Waals surface area contributed by atoms with Crippen molar-refractivity contribution in [3.63, 3.8) is 0 Å². The largest absolute Gasteiger partial charge is 0.366 e. The number of H-pyrrole nitrogens is 1. The molecule has 2 aromatic heterocycles. The van der Waals surface area contributed by atoms with Gasteiger partial charge in [0.1, 0.15) is 17.4 Å². The number of rotatable bonds is 4. The highest BCUT2D eigenvalue weighted by molar-refractivity contribution is 5.97. The number of morpholine rings is 1. The molecule has 1 fully saturated rings. The number of hydrogen-bond acceptors (Lipinski definition) is 7. The Labute approximate surface area is 149 Å². The van der Waals surface area contributed by atoms with Crippen molar-refractivity contribution < 1.29 is 9.66 Å². The predicted molar refractivity (Wildman–Crippen MR) is 95.1 cm³/mol. The van der Waals surface area contributed by atoms with Crippen molar-refractivity contribution in [1.29, 1.82) is 0 Å². The van der Waals surface area contributed by atoms with Crippen LogP contribution in [0, 0.1) is 10.1 Å². The first kappa shape index (κ1) is 16.4. The van der Waals surface area contributed by atoms with Gasteiger partial charge in [0.15, 0.2) is 5.82 Å². The molecule has 134 valence electrons. The molecule has 3 aromatic rings. The van der Waals surface area contributed by atoms with E-state index in [4.69, 9.17) is 4.74 Å². The molecule has 1 unspecified atom stereocenters. The predicted octanol–water partition coefficient (Wildman–Crippen LogP) is 2.40. The molecular formula is C17H18N6O3. The fraction of sp³-hybridized carbons (Fsp3) is 0.353. The Morgan fingerprint density at radius 2 is 2.31 bits per heavy atom. The van der Waals surface area contributed by atoms with Gasteiger partial charge < -0.3 is 9.64 Å². The van der Waals surface area contributed by atoms with Gasteiger partial charge in [0.25, 0.3) is 5.69 Å². The van der Waals surface area contributed by atoms with Crippen LogP contribution in [0.15, 0.2) is 30.5 Å². The zero-order chi connectivity index (χ0) is 18.1. The van der Waals surface area contributed by atoms with E-state index in [1.807, 2.05) is 6.92 Å². The molecule has 1 saturated heterocycles. The van der Waals surface area contributed by atoms with Crippen LogP contribution in [0.5, 0.6) is 0 Å². The number of nitro benzene ring substituents is 1. The topological polar surface area (TPSA) is 110 Å². The molecule has 26 heavy (non-hydrogen) atoms. The number of nitrogens with zero attached hydrogens (tertiary/aromatic N) is 5. The number of anilines is 1. The van der Waals surface area contributed by atoms with E-state index in [2.05, 4.69) is 25.1 Å². The molecule has 9 heteroatoms. The maximum atomic E-state index is 11.3. The van der Waals surface area contributed by atoms with E-state index < -0.39 is 0 Å². The third-order valence-electron chi connectivity index (χ3n) is 4.50. The molecule has 0 amide bonds. The van der Waals surface area contributed by atoms with E-state index in [-0.39, 0.29) is 16.7 Å². The van der Waals surface area contributed by atoms with Crippen LogP contribution in [0.25, 0.3) is 10.9 Å². The Balaban J connectivity index is 1.69. The second-order valence-corrected chi connectivity index (χ2v) is 6.06. The lowest BCUT2D eigenvalue weighted by molar-refractivity contribution is -0.383. The molecule has 0 spiro atoms. The van der Waals surface area contributed by atoms with Gasteiger partial charge in [0, 0.05) is 25.2 Å². The van der Waals surface area contributed by atoms with Gasteiger partial charge in [-0.05, 0) is 18.2 Å². The van der Waals surface area contributed by atoms with Gasteiger partial charge in [0.2, 0.25) is 0 Å². The van der Waals surface area contributed by atoms with Crippen LogP contribution in [0.1, 0.15) is 24.7 Å². The number of aryl methyl sites for hydroxylation is 1. The Hall–Kier alpha value is -3.07. The molecular weight excluding hydrogens is 336 g/mol. The maximum Gasteiger partial charge on any atom is 0.278 e. The summed E-state index contributed by atoms with van der Waals surface area (Å²) >= 11 is 0. The van der Waals surface area contributed by atoms with Crippen molar-refractivity contribution in [2.24, 2.45) is 0 Å². The molecule has 0 saturated carbocycles. The van der Waals surface area contributed by atoms with Gasteiger partial charge in [-0.3, -0.25) is 20.2 Å². The van der Waals surface area contributed by atoms with Gasteiger partial charge >= 0.3 is 0 Å². The summed E-state index contributed by atoms with van der Waals surface area (Å²) in [5.74, 6) is 1.45. The zero-order valence-corrected chi connectivity index (χ0v) is 14.3. The maximum absolute atomic E-state index is 11.3. The van der Waals surface area contributed by atoms with E-state index in [0.717, 1.165) is 17.9 Å². The number of hydrogen-bond donors (Lipinski definition) is 1. The minimum Gasteiger partial charge on any atom is -0.366 e. The molecule has 3 heterocycles. The SMILES string of the molecule is CCc1nc(C2CN(c3ccc([N+](=O)[O-])c4cccnc34)CCO2)n[nH]1. The summed E-state index contributed by atoms with van der Waals surface area (Å²) in [6.07, 6.45) is 2.17. The lowest BCUT2D eigenvalue weighted by atomic mass is 10.1. The summed E-state index contributed by atoms with van der Waals surface area (Å²) in [5, 5.41) is 19.0. The minimum absolute atomic E-state index is 0.0585. The summed E-state index contributed by atoms with van der Waals surface area (Å²) in [4.78, 5) is 21.9. The van der Waals surface area contributed by atoms with E-state index >= 15 is 0 Å². The van der Waals surface area contributed by atoms with Crippen LogP contribution >= 0.6 is 0 Å². The van der Waals surface area contributed by atoms with Gasteiger partial charge in [-0.2, -0.15) is 5.10 Å². The smallest absolute Gasteiger partial charge is 0.278 e. The summed E-state index contributed by atoms with van der Waals surface area (Å²) in [5.41, 5.74) is 1.53. The molecule has 1 aromatic carbocycles. The van der Waals surface area contributed by atoms with Crippen LogP contribution in [-0.4, -0.2) is 44.8 Å². The summed E-state index contributed by atoms with van der Waals surface area (Å²) < 4.78 is 5.83. The first-order valence-electron chi connectivity index (χ1n) is 8.47. The second-order valence-electron chi connectivity index (χ2n) is 6.06. The highest BCUT2D eigenvalue weighted by atomic mass is 16.6. The summed E-state index contributed by atoms with van der Waals surface area (Å²) in [6.45, 7) is 3.76. The Morgan fingerprint density at radius 1 is 1.42 bits per heavy atom. The molecule has 0 bridgehead atoms. The normalized spacial score (nSPS) is 17.6. The zero-order valence-electron chi connectivity index (χ0n) is 14.3. The van der Waals surface area contributed by atoms with Gasteiger partial charge in [-0.15, -0.1) is 0 Å². The van der Waals surface area contributed by atoms with Crippen molar-refractivity contribution in [2.75, 3.05) is 24.6 Å². The number of nitrogens with one attached hydrogen (secondary N) is 1. The average Bonchev–Trinajstić information content (AvgIpc) is 3.16. The number of pyridine rings is 1. The van der Waals surface area contributed by atoms with E-state index in [9.17, 15) is 10.1 Å². The van der Waals surface area contributed by atoms with Gasteiger partial charge in [0.05, 0.1) is 29.1 Å². The highest BCUT2D eigenvalue weighted by Gasteiger charge is 2.27. The quantitative estimate of drug-likeness (QED) is 0.566. The first-order chi connectivity index (χ1) is 12.7. The number of non-ortho nitro benzene ring substituents is 1. The van der Waals surface area contributed by atoms with Gasteiger partial charge in [-0.1, -0.05) is 6.92 Å². The third kappa shape index (κ3) is 2.86. The van der Waals surface area contributed by atoms with Crippen molar-refractivity contribution in [3.05, 3.63) is 52.2 Å². The standard InChI is InChI=1S/C17H18N6O3/c1-2-15-19-17(21-20-15)14-10-22(8-9-26-14)13-6-5-12(23(24)25)11-4-3-7-18-16(11)13/h3-7,14H,2,8-10H2,1H3,(H,19,20,21). The monoisotopic (exact) mass is 354 g/mol. The number of benzene rings is 1. The number of aromatic amines is 1. The minimum atomic E-state index is -0.379. The van der Waals surface area contributed by atoms with Crippen LogP contribution in [-0.2, 0) is 11.2 Å². The number of fused-ring (bicyclic) bond motifs is 1. The summed E-state index contributed by atoms with van der Waals surface area (Å²) in [7, 11) is 0. The fourth-order valence-electron chi connectivity index (χ4n) is 3.19. The average molecular weight is 354 g/mol. The van der Waals surface area contributed by atoms with Crippen LogP contribution in [0.3, 0.4) is 0 Å². The molecule has 0 radical (unpaired) electrons. The lowest BCUT2D eigenvalue weighted by Crippen LogP contribution is -2.39.